The minimum atomic E-state index is -1.14. The van der Waals surface area contributed by atoms with E-state index >= 15 is 0 Å². The molecular weight excluding hydrogens is 551 g/mol. The van der Waals surface area contributed by atoms with Gasteiger partial charge in [-0.2, -0.15) is 0 Å². The maximum absolute atomic E-state index is 13.6. The molecule has 11 nitrogen and oxygen atoms in total. The van der Waals surface area contributed by atoms with Crippen molar-refractivity contribution in [2.24, 2.45) is 11.3 Å². The molecule has 2 heterocycles. The van der Waals surface area contributed by atoms with Gasteiger partial charge >= 0.3 is 19.1 Å². The van der Waals surface area contributed by atoms with Gasteiger partial charge in [0.15, 0.2) is 6.10 Å². The summed E-state index contributed by atoms with van der Waals surface area (Å²) in [5.74, 6) is -2.90. The van der Waals surface area contributed by atoms with Crippen molar-refractivity contribution >= 4 is 30.9 Å². The van der Waals surface area contributed by atoms with E-state index in [1.54, 1.807) is 0 Å². The van der Waals surface area contributed by atoms with Gasteiger partial charge in [0, 0.05) is 18.8 Å². The van der Waals surface area contributed by atoms with Crippen molar-refractivity contribution in [3.8, 4) is 0 Å². The van der Waals surface area contributed by atoms with Crippen LogP contribution in [0, 0.1) is 11.3 Å². The number of nitrogens with zero attached hydrogens (tertiary/aromatic N) is 2. The van der Waals surface area contributed by atoms with Crippen molar-refractivity contribution in [2.45, 2.75) is 91.2 Å². The molecule has 0 bridgehead atoms. The fraction of sp³-hybridized carbons (Fsp3) is 0.548. The van der Waals surface area contributed by atoms with Crippen LogP contribution >= 0.6 is 0 Å². The lowest BCUT2D eigenvalue weighted by Gasteiger charge is -2.25. The minimum Gasteiger partial charge on any atom is -0.506 e. The second kappa shape index (κ2) is 16.2. The summed E-state index contributed by atoms with van der Waals surface area (Å²) in [6.07, 6.45) is 6.37. The Morgan fingerprint density at radius 3 is 2.51 bits per heavy atom. The molecular formula is C31H43BN4O7. The average molecular weight is 595 g/mol. The third kappa shape index (κ3) is 11.1. The number of benzene rings is 1. The molecule has 1 aromatic carbocycles. The van der Waals surface area contributed by atoms with Crippen LogP contribution in [0.15, 0.2) is 48.9 Å². The second-order valence-corrected chi connectivity index (χ2v) is 12.1. The van der Waals surface area contributed by atoms with Gasteiger partial charge in [0.25, 0.3) is 5.91 Å². The molecule has 1 aromatic heterocycles. The van der Waals surface area contributed by atoms with E-state index in [-0.39, 0.29) is 36.5 Å². The third-order valence-corrected chi connectivity index (χ3v) is 7.06. The number of rotatable bonds is 16. The highest BCUT2D eigenvalue weighted by molar-refractivity contribution is 6.51. The SMILES string of the molecule is CCCCC(C)(C)COC(=O)C[C@H]1OB([C@H](CC(C)C)NC(=O)[C@H](Cc2ccccc2)NC(=O)c2cnccn2)OC1=O. The Labute approximate surface area is 254 Å². The van der Waals surface area contributed by atoms with E-state index in [2.05, 4.69) is 27.5 Å². The van der Waals surface area contributed by atoms with E-state index in [9.17, 15) is 19.2 Å². The molecule has 0 aliphatic carbocycles. The normalized spacial score (nSPS) is 16.4. The molecule has 1 saturated heterocycles. The molecule has 1 aliphatic heterocycles. The predicted octanol–water partition coefficient (Wildman–Crippen LogP) is 3.47. The molecule has 3 rings (SSSR count). The monoisotopic (exact) mass is 594 g/mol. The molecule has 43 heavy (non-hydrogen) atoms. The summed E-state index contributed by atoms with van der Waals surface area (Å²) in [4.78, 5) is 59.7. The quantitative estimate of drug-likeness (QED) is 0.220. The zero-order valence-corrected chi connectivity index (χ0v) is 25.7. The Hall–Kier alpha value is -3.80. The Kier molecular flexibility index (Phi) is 12.7. The first-order valence-corrected chi connectivity index (χ1v) is 14.9. The Bertz CT molecular complexity index is 1210. The van der Waals surface area contributed by atoms with Crippen LogP contribution in [0.25, 0.3) is 0 Å². The Morgan fingerprint density at radius 2 is 1.86 bits per heavy atom. The van der Waals surface area contributed by atoms with E-state index in [0.717, 1.165) is 24.8 Å². The zero-order chi connectivity index (χ0) is 31.4. The average Bonchev–Trinajstić information content (AvgIpc) is 3.34. The highest BCUT2D eigenvalue weighted by Crippen LogP contribution is 2.25. The van der Waals surface area contributed by atoms with Crippen LogP contribution in [0.4, 0.5) is 0 Å². The molecule has 3 atom stereocenters. The Morgan fingerprint density at radius 1 is 1.12 bits per heavy atom. The van der Waals surface area contributed by atoms with E-state index in [0.29, 0.717) is 6.42 Å². The van der Waals surface area contributed by atoms with Gasteiger partial charge in [0.2, 0.25) is 5.91 Å². The largest absolute Gasteiger partial charge is 0.552 e. The molecule has 1 aliphatic rings. The van der Waals surface area contributed by atoms with Crippen molar-refractivity contribution in [2.75, 3.05) is 6.61 Å². The van der Waals surface area contributed by atoms with Crippen molar-refractivity contribution < 1.29 is 33.2 Å². The highest BCUT2D eigenvalue weighted by Gasteiger charge is 2.47. The van der Waals surface area contributed by atoms with Crippen LogP contribution in [0.5, 0.6) is 0 Å². The smallest absolute Gasteiger partial charge is 0.506 e. The van der Waals surface area contributed by atoms with Gasteiger partial charge in [0.05, 0.1) is 25.2 Å². The van der Waals surface area contributed by atoms with Gasteiger partial charge in [-0.25, -0.2) is 4.98 Å². The van der Waals surface area contributed by atoms with E-state index < -0.39 is 49.0 Å². The third-order valence-electron chi connectivity index (χ3n) is 7.06. The van der Waals surface area contributed by atoms with Crippen LogP contribution in [0.1, 0.15) is 82.8 Å². The number of unbranched alkanes of at least 4 members (excludes halogenated alkanes) is 1. The molecule has 0 spiro atoms. The van der Waals surface area contributed by atoms with Crippen molar-refractivity contribution in [3.63, 3.8) is 0 Å². The molecule has 12 heteroatoms. The van der Waals surface area contributed by atoms with Crippen LogP contribution in [0.3, 0.4) is 0 Å². The van der Waals surface area contributed by atoms with Gasteiger partial charge in [-0.3, -0.25) is 24.2 Å². The molecule has 0 saturated carbocycles. The number of ether oxygens (including phenoxy) is 1. The van der Waals surface area contributed by atoms with E-state index in [1.807, 2.05) is 58.0 Å². The van der Waals surface area contributed by atoms with Crippen LogP contribution in [-0.2, 0) is 34.9 Å². The summed E-state index contributed by atoms with van der Waals surface area (Å²) in [5, 5.41) is 5.67. The maximum atomic E-state index is 13.6. The topological polar surface area (TPSA) is 146 Å². The lowest BCUT2D eigenvalue weighted by atomic mass is 9.74. The number of esters is 1. The van der Waals surface area contributed by atoms with Crippen LogP contribution < -0.4 is 10.6 Å². The van der Waals surface area contributed by atoms with Gasteiger partial charge in [-0.1, -0.05) is 77.8 Å². The molecule has 1 fully saturated rings. The van der Waals surface area contributed by atoms with Crippen molar-refractivity contribution in [1.82, 2.24) is 20.6 Å². The number of hydrogen-bond donors (Lipinski definition) is 2. The Balaban J connectivity index is 1.67. The number of carbonyl (C=O) groups excluding carboxylic acids is 4. The molecule has 2 N–H and O–H groups in total. The number of nitrogens with one attached hydrogen (secondary N) is 2. The molecule has 0 radical (unpaired) electrons. The van der Waals surface area contributed by atoms with Gasteiger partial charge in [-0.15, -0.1) is 0 Å². The lowest BCUT2D eigenvalue weighted by Crippen LogP contribution is -2.55. The zero-order valence-electron chi connectivity index (χ0n) is 25.7. The number of aromatic nitrogens is 2. The maximum Gasteiger partial charge on any atom is 0.552 e. The molecule has 2 aromatic rings. The van der Waals surface area contributed by atoms with Crippen LogP contribution in [-0.4, -0.2) is 65.5 Å². The first-order chi connectivity index (χ1) is 20.5. The summed E-state index contributed by atoms with van der Waals surface area (Å²) in [7, 11) is -1.11. The number of amides is 2. The standard InChI is InChI=1S/C31H43BN4O7/c1-6-7-13-31(4,5)20-41-27(37)18-25-30(40)43-32(42-25)26(16-21(2)3)36-28(38)23(17-22-11-9-8-10-12-22)35-29(39)24-19-33-14-15-34-24/h8-12,14-15,19,21,23,25-26H,6-7,13,16-18,20H2,1-5H3,(H,35,39)(H,36,38)/t23-,25+,26-/m0/s1. The van der Waals surface area contributed by atoms with Gasteiger partial charge < -0.3 is 24.7 Å². The fourth-order valence-electron chi connectivity index (χ4n) is 4.69. The molecule has 2 amide bonds. The fourth-order valence-corrected chi connectivity index (χ4v) is 4.69. The molecule has 0 unspecified atom stereocenters. The first-order valence-electron chi connectivity index (χ1n) is 14.9. The highest BCUT2D eigenvalue weighted by atomic mass is 16.7. The molecule has 232 valence electrons. The summed E-state index contributed by atoms with van der Waals surface area (Å²) >= 11 is 0. The first kappa shape index (κ1) is 33.7. The summed E-state index contributed by atoms with van der Waals surface area (Å²) in [6, 6.07) is 8.30. The second-order valence-electron chi connectivity index (χ2n) is 12.1. The summed E-state index contributed by atoms with van der Waals surface area (Å²) < 4.78 is 16.8. The van der Waals surface area contributed by atoms with Crippen molar-refractivity contribution in [3.05, 3.63) is 60.2 Å². The number of hydrogen-bond acceptors (Lipinski definition) is 9. The minimum absolute atomic E-state index is 0.0728. The van der Waals surface area contributed by atoms with E-state index in [1.165, 1.54) is 18.6 Å². The van der Waals surface area contributed by atoms with E-state index in [4.69, 9.17) is 14.0 Å². The summed E-state index contributed by atoms with van der Waals surface area (Å²) in [6.45, 7) is 10.3. The van der Waals surface area contributed by atoms with Gasteiger partial charge in [-0.05, 0) is 29.7 Å². The number of carbonyl (C=O) groups is 4. The van der Waals surface area contributed by atoms with Crippen molar-refractivity contribution in [1.29, 1.82) is 0 Å². The van der Waals surface area contributed by atoms with Crippen LogP contribution in [0.2, 0.25) is 0 Å². The summed E-state index contributed by atoms with van der Waals surface area (Å²) in [5.41, 5.74) is 0.738. The van der Waals surface area contributed by atoms with Gasteiger partial charge in [0.1, 0.15) is 11.7 Å². The lowest BCUT2D eigenvalue weighted by molar-refractivity contribution is -0.152. The predicted molar refractivity (Wildman–Crippen MR) is 160 cm³/mol.